The first kappa shape index (κ1) is 15.8. The second-order valence-corrected chi connectivity index (χ2v) is 6.60. The molecule has 0 aromatic heterocycles. The van der Waals surface area contributed by atoms with Crippen LogP contribution in [0.4, 0.5) is 11.4 Å². The number of rotatable bonds is 4. The predicted molar refractivity (Wildman–Crippen MR) is 89.6 cm³/mol. The fraction of sp³-hybridized carbons (Fsp3) is 0.556. The van der Waals surface area contributed by atoms with Gasteiger partial charge in [0.2, 0.25) is 5.91 Å². The van der Waals surface area contributed by atoms with Crippen molar-refractivity contribution in [2.45, 2.75) is 38.5 Å². The summed E-state index contributed by atoms with van der Waals surface area (Å²) in [6.07, 6.45) is 5.09. The molecule has 1 aromatic carbocycles. The number of carboxylic acids is 1. The van der Waals surface area contributed by atoms with Crippen molar-refractivity contribution in [1.29, 1.82) is 0 Å². The minimum atomic E-state index is -0.778. The number of nitrogens with zero attached hydrogens (tertiary/aromatic N) is 1. The van der Waals surface area contributed by atoms with Gasteiger partial charge in [-0.2, -0.15) is 0 Å². The molecule has 23 heavy (non-hydrogen) atoms. The van der Waals surface area contributed by atoms with Crippen molar-refractivity contribution in [1.82, 2.24) is 0 Å². The average Bonchev–Trinajstić information content (AvgIpc) is 3.09. The van der Waals surface area contributed by atoms with Gasteiger partial charge in [-0.3, -0.25) is 9.59 Å². The molecule has 5 nitrogen and oxygen atoms in total. The summed E-state index contributed by atoms with van der Waals surface area (Å²) in [5.41, 5.74) is 1.92. The molecule has 0 spiro atoms. The highest BCUT2D eigenvalue weighted by atomic mass is 16.4. The quantitative estimate of drug-likeness (QED) is 0.895. The van der Waals surface area contributed by atoms with Crippen molar-refractivity contribution in [3.8, 4) is 0 Å². The van der Waals surface area contributed by atoms with Crippen LogP contribution in [0.1, 0.15) is 38.5 Å². The van der Waals surface area contributed by atoms with E-state index in [1.807, 2.05) is 24.3 Å². The topological polar surface area (TPSA) is 69.6 Å². The van der Waals surface area contributed by atoms with E-state index in [0.29, 0.717) is 12.8 Å². The molecule has 1 amide bonds. The Morgan fingerprint density at radius 1 is 1.04 bits per heavy atom. The molecule has 2 atom stereocenters. The molecule has 5 heteroatoms. The minimum Gasteiger partial charge on any atom is -0.481 e. The lowest BCUT2D eigenvalue weighted by atomic mass is 9.81. The Morgan fingerprint density at radius 3 is 2.48 bits per heavy atom. The number of carboxylic acid groups (broad SMARTS) is 1. The van der Waals surface area contributed by atoms with E-state index >= 15 is 0 Å². The maximum Gasteiger partial charge on any atom is 0.306 e. The molecule has 0 bridgehead atoms. The van der Waals surface area contributed by atoms with Crippen molar-refractivity contribution in [2.75, 3.05) is 23.3 Å². The molecule has 2 aliphatic rings. The molecule has 1 aromatic rings. The van der Waals surface area contributed by atoms with E-state index in [9.17, 15) is 14.7 Å². The molecule has 1 saturated carbocycles. The van der Waals surface area contributed by atoms with Crippen LogP contribution in [0.25, 0.3) is 0 Å². The zero-order valence-electron chi connectivity index (χ0n) is 13.3. The lowest BCUT2D eigenvalue weighted by Gasteiger charge is -2.27. The van der Waals surface area contributed by atoms with Crippen molar-refractivity contribution < 1.29 is 14.7 Å². The third-order valence-corrected chi connectivity index (χ3v) is 5.00. The zero-order valence-corrected chi connectivity index (χ0v) is 13.3. The Bertz CT molecular complexity index is 581. The molecular weight excluding hydrogens is 292 g/mol. The van der Waals surface area contributed by atoms with Gasteiger partial charge in [0.25, 0.3) is 0 Å². The van der Waals surface area contributed by atoms with Gasteiger partial charge in [-0.1, -0.05) is 18.6 Å². The number of carbonyl (C=O) groups excluding carboxylic acids is 1. The highest BCUT2D eigenvalue weighted by Gasteiger charge is 2.31. The van der Waals surface area contributed by atoms with Crippen molar-refractivity contribution >= 4 is 23.3 Å². The summed E-state index contributed by atoms with van der Waals surface area (Å²) in [7, 11) is 0. The minimum absolute atomic E-state index is 0.0393. The largest absolute Gasteiger partial charge is 0.481 e. The molecule has 0 radical (unpaired) electrons. The monoisotopic (exact) mass is 316 g/mol. The standard InChI is InChI=1S/C18H24N2O3/c21-17(13-6-5-7-14(12-13)18(22)23)19-15-8-1-2-9-16(15)20-10-3-4-11-20/h1-2,8-9,13-14H,3-7,10-12H2,(H,19,21)(H,22,23). The van der Waals surface area contributed by atoms with E-state index in [0.717, 1.165) is 37.3 Å². The summed E-state index contributed by atoms with van der Waals surface area (Å²) in [5.74, 6) is -1.40. The molecule has 1 saturated heterocycles. The van der Waals surface area contributed by atoms with Crippen molar-refractivity contribution in [3.05, 3.63) is 24.3 Å². The summed E-state index contributed by atoms with van der Waals surface area (Å²) in [6, 6.07) is 7.89. The van der Waals surface area contributed by atoms with Crippen LogP contribution in [-0.4, -0.2) is 30.1 Å². The van der Waals surface area contributed by atoms with E-state index in [-0.39, 0.29) is 17.7 Å². The smallest absolute Gasteiger partial charge is 0.306 e. The van der Waals surface area contributed by atoms with E-state index in [1.54, 1.807) is 0 Å². The van der Waals surface area contributed by atoms with Gasteiger partial charge in [0, 0.05) is 19.0 Å². The van der Waals surface area contributed by atoms with Gasteiger partial charge in [-0.05, 0) is 44.2 Å². The van der Waals surface area contributed by atoms with Gasteiger partial charge in [0.1, 0.15) is 0 Å². The van der Waals surface area contributed by atoms with Gasteiger partial charge < -0.3 is 15.3 Å². The number of amides is 1. The van der Waals surface area contributed by atoms with Gasteiger partial charge in [0.15, 0.2) is 0 Å². The van der Waals surface area contributed by atoms with Crippen LogP contribution < -0.4 is 10.2 Å². The summed E-state index contributed by atoms with van der Waals surface area (Å²) in [6.45, 7) is 2.05. The molecule has 1 heterocycles. The second-order valence-electron chi connectivity index (χ2n) is 6.60. The Kier molecular flexibility index (Phi) is 4.84. The molecule has 124 valence electrons. The molecule has 2 N–H and O–H groups in total. The molecular formula is C18H24N2O3. The van der Waals surface area contributed by atoms with Crippen LogP contribution in [-0.2, 0) is 9.59 Å². The molecule has 3 rings (SSSR count). The molecule has 2 fully saturated rings. The van der Waals surface area contributed by atoms with Crippen LogP contribution in [0.15, 0.2) is 24.3 Å². The zero-order chi connectivity index (χ0) is 16.2. The van der Waals surface area contributed by atoms with Gasteiger partial charge in [0.05, 0.1) is 17.3 Å². The number of anilines is 2. The van der Waals surface area contributed by atoms with Gasteiger partial charge in [-0.15, -0.1) is 0 Å². The SMILES string of the molecule is O=C(O)C1CCCC(C(=O)Nc2ccccc2N2CCCC2)C1. The predicted octanol–water partition coefficient (Wildman–Crippen LogP) is 3.12. The van der Waals surface area contributed by atoms with E-state index in [1.165, 1.54) is 12.8 Å². The number of nitrogens with one attached hydrogen (secondary N) is 1. The van der Waals surface area contributed by atoms with Crippen molar-refractivity contribution in [2.24, 2.45) is 11.8 Å². The summed E-state index contributed by atoms with van der Waals surface area (Å²) >= 11 is 0. The van der Waals surface area contributed by atoms with Crippen LogP contribution in [0.3, 0.4) is 0 Å². The highest BCUT2D eigenvalue weighted by Crippen LogP contribution is 2.32. The van der Waals surface area contributed by atoms with Gasteiger partial charge in [-0.25, -0.2) is 0 Å². The molecule has 1 aliphatic carbocycles. The second kappa shape index (κ2) is 7.02. The lowest BCUT2D eigenvalue weighted by Crippen LogP contribution is -2.31. The number of benzene rings is 1. The number of aliphatic carboxylic acids is 1. The third-order valence-electron chi connectivity index (χ3n) is 5.00. The Balaban J connectivity index is 1.69. The van der Waals surface area contributed by atoms with Crippen LogP contribution in [0.5, 0.6) is 0 Å². The average molecular weight is 316 g/mol. The molecule has 2 unspecified atom stereocenters. The number of hydrogen-bond donors (Lipinski definition) is 2. The first-order chi connectivity index (χ1) is 11.1. The lowest BCUT2D eigenvalue weighted by molar-refractivity contribution is -0.143. The number of para-hydroxylation sites is 2. The first-order valence-electron chi connectivity index (χ1n) is 8.53. The van der Waals surface area contributed by atoms with Crippen molar-refractivity contribution in [3.63, 3.8) is 0 Å². The maximum absolute atomic E-state index is 12.6. The summed E-state index contributed by atoms with van der Waals surface area (Å²) in [4.78, 5) is 26.1. The Morgan fingerprint density at radius 2 is 1.74 bits per heavy atom. The van der Waals surface area contributed by atoms with Crippen LogP contribution in [0.2, 0.25) is 0 Å². The third kappa shape index (κ3) is 3.66. The number of hydrogen-bond acceptors (Lipinski definition) is 3. The van der Waals surface area contributed by atoms with E-state index in [4.69, 9.17) is 0 Å². The summed E-state index contributed by atoms with van der Waals surface area (Å²) < 4.78 is 0. The van der Waals surface area contributed by atoms with Gasteiger partial charge >= 0.3 is 5.97 Å². The highest BCUT2D eigenvalue weighted by molar-refractivity contribution is 5.96. The molecule has 1 aliphatic heterocycles. The fourth-order valence-corrected chi connectivity index (χ4v) is 3.70. The van der Waals surface area contributed by atoms with E-state index < -0.39 is 5.97 Å². The Labute approximate surface area is 136 Å². The number of carbonyl (C=O) groups is 2. The fourth-order valence-electron chi connectivity index (χ4n) is 3.70. The Hall–Kier alpha value is -2.04. The van der Waals surface area contributed by atoms with Crippen LogP contribution >= 0.6 is 0 Å². The normalized spacial score (nSPS) is 24.4. The maximum atomic E-state index is 12.6. The first-order valence-corrected chi connectivity index (χ1v) is 8.53. The van der Waals surface area contributed by atoms with E-state index in [2.05, 4.69) is 10.2 Å². The summed E-state index contributed by atoms with van der Waals surface area (Å²) in [5, 5.41) is 12.2. The van der Waals surface area contributed by atoms with Crippen LogP contribution in [0, 0.1) is 11.8 Å².